The van der Waals surface area contributed by atoms with Crippen molar-refractivity contribution in [2.45, 2.75) is 52.5 Å². The van der Waals surface area contributed by atoms with E-state index in [2.05, 4.69) is 18.7 Å². The molecule has 2 heteroatoms. The lowest BCUT2D eigenvalue weighted by Gasteiger charge is -2.35. The normalized spacial score (nSPS) is 21.1. The van der Waals surface area contributed by atoms with Crippen molar-refractivity contribution in [2.24, 2.45) is 0 Å². The molecule has 1 atom stereocenters. The maximum atomic E-state index is 12.2. The summed E-state index contributed by atoms with van der Waals surface area (Å²) in [6.45, 7) is 10.3. The molecular weight excluding hydrogens is 186 g/mol. The lowest BCUT2D eigenvalue weighted by Crippen LogP contribution is -2.50. The molecule has 0 aromatic rings. The number of rotatable bonds is 4. The lowest BCUT2D eigenvalue weighted by molar-refractivity contribution is -0.125. The van der Waals surface area contributed by atoms with Gasteiger partial charge in [0.2, 0.25) is 0 Å². The van der Waals surface area contributed by atoms with Crippen LogP contribution in [0.3, 0.4) is 0 Å². The van der Waals surface area contributed by atoms with Gasteiger partial charge in [-0.15, -0.1) is 0 Å². The number of hydrogen-bond acceptors (Lipinski definition) is 2. The van der Waals surface area contributed by atoms with E-state index >= 15 is 0 Å². The van der Waals surface area contributed by atoms with Gasteiger partial charge in [0.05, 0.1) is 5.54 Å². The highest BCUT2D eigenvalue weighted by molar-refractivity contribution is 5.98. The van der Waals surface area contributed by atoms with Crippen molar-refractivity contribution in [3.8, 4) is 0 Å². The summed E-state index contributed by atoms with van der Waals surface area (Å²) in [4.78, 5) is 14.5. The zero-order chi connectivity index (χ0) is 11.5. The summed E-state index contributed by atoms with van der Waals surface area (Å²) < 4.78 is 0. The average Bonchev–Trinajstić information content (AvgIpc) is 2.68. The molecule has 0 aromatic carbocycles. The molecule has 86 valence electrons. The Balaban J connectivity index is 2.83. The van der Waals surface area contributed by atoms with Crippen LogP contribution in [0, 0.1) is 0 Å². The predicted molar refractivity (Wildman–Crippen MR) is 63.9 cm³/mol. The van der Waals surface area contributed by atoms with E-state index in [0.29, 0.717) is 0 Å². The number of hydrogen-bond donors (Lipinski definition) is 0. The molecule has 15 heavy (non-hydrogen) atoms. The van der Waals surface area contributed by atoms with E-state index in [0.717, 1.165) is 25.1 Å². The van der Waals surface area contributed by atoms with Crippen molar-refractivity contribution in [1.29, 1.82) is 0 Å². The third-order valence-corrected chi connectivity index (χ3v) is 3.44. The first kappa shape index (κ1) is 12.4. The van der Waals surface area contributed by atoms with Crippen LogP contribution in [0.2, 0.25) is 0 Å². The minimum atomic E-state index is -0.270. The Morgan fingerprint density at radius 1 is 1.33 bits per heavy atom. The molecule has 2 nitrogen and oxygen atoms in total. The van der Waals surface area contributed by atoms with E-state index < -0.39 is 0 Å². The minimum Gasteiger partial charge on any atom is -0.293 e. The van der Waals surface area contributed by atoms with Gasteiger partial charge in [-0.05, 0) is 59.2 Å². The molecular formula is C13H23NO. The molecule has 1 rings (SSSR count). The third-order valence-electron chi connectivity index (χ3n) is 3.44. The van der Waals surface area contributed by atoms with Gasteiger partial charge in [0, 0.05) is 0 Å². The molecule has 0 N–H and O–H groups in total. The number of nitrogens with zero attached hydrogens (tertiary/aromatic N) is 1. The highest BCUT2D eigenvalue weighted by Crippen LogP contribution is 2.26. The van der Waals surface area contributed by atoms with Crippen molar-refractivity contribution in [3.05, 3.63) is 11.6 Å². The first-order valence-electron chi connectivity index (χ1n) is 5.95. The Kier molecular flexibility index (Phi) is 4.09. The second-order valence-electron chi connectivity index (χ2n) is 4.91. The van der Waals surface area contributed by atoms with Crippen molar-refractivity contribution >= 4 is 5.78 Å². The van der Waals surface area contributed by atoms with E-state index in [9.17, 15) is 4.79 Å². The van der Waals surface area contributed by atoms with Crippen LogP contribution >= 0.6 is 0 Å². The van der Waals surface area contributed by atoms with Gasteiger partial charge < -0.3 is 0 Å². The van der Waals surface area contributed by atoms with Gasteiger partial charge in [0.15, 0.2) is 5.78 Å². The van der Waals surface area contributed by atoms with Crippen molar-refractivity contribution in [1.82, 2.24) is 4.90 Å². The summed E-state index contributed by atoms with van der Waals surface area (Å²) in [6, 6.07) is 0. The van der Waals surface area contributed by atoms with Gasteiger partial charge in [0.25, 0.3) is 0 Å². The van der Waals surface area contributed by atoms with Crippen LogP contribution in [0.4, 0.5) is 0 Å². The van der Waals surface area contributed by atoms with E-state index in [1.54, 1.807) is 6.08 Å². The van der Waals surface area contributed by atoms with Crippen molar-refractivity contribution in [3.63, 3.8) is 0 Å². The summed E-state index contributed by atoms with van der Waals surface area (Å²) >= 11 is 0. The topological polar surface area (TPSA) is 20.3 Å². The quantitative estimate of drug-likeness (QED) is 0.664. The molecule has 1 fully saturated rings. The molecule has 0 aliphatic carbocycles. The van der Waals surface area contributed by atoms with Crippen LogP contribution < -0.4 is 0 Å². The minimum absolute atomic E-state index is 0.270. The first-order valence-corrected chi connectivity index (χ1v) is 5.95. The predicted octanol–water partition coefficient (Wildman–Crippen LogP) is 2.79. The van der Waals surface area contributed by atoms with Crippen LogP contribution in [0.15, 0.2) is 11.6 Å². The monoisotopic (exact) mass is 209 g/mol. The summed E-state index contributed by atoms with van der Waals surface area (Å²) in [7, 11) is 0. The number of ketones is 1. The standard InChI is InChI=1S/C13H23NO/c1-5-13(4,12(15)10-11(2)3)14-8-6-7-9-14/h10H,5-9H2,1-4H3. The highest BCUT2D eigenvalue weighted by atomic mass is 16.1. The van der Waals surface area contributed by atoms with Gasteiger partial charge >= 0.3 is 0 Å². The van der Waals surface area contributed by atoms with Gasteiger partial charge in [-0.2, -0.15) is 0 Å². The molecule has 1 heterocycles. The Morgan fingerprint density at radius 3 is 2.27 bits per heavy atom. The van der Waals surface area contributed by atoms with Crippen LogP contribution in [0.1, 0.15) is 47.0 Å². The summed E-state index contributed by atoms with van der Waals surface area (Å²) in [5.41, 5.74) is 0.826. The molecule has 1 saturated heterocycles. The number of carbonyl (C=O) groups is 1. The van der Waals surface area contributed by atoms with Crippen molar-refractivity contribution in [2.75, 3.05) is 13.1 Å². The van der Waals surface area contributed by atoms with Crippen LogP contribution in [-0.4, -0.2) is 29.3 Å². The summed E-state index contributed by atoms with van der Waals surface area (Å²) in [5.74, 6) is 0.270. The molecule has 1 aliphatic heterocycles. The lowest BCUT2D eigenvalue weighted by atomic mass is 9.90. The number of carbonyl (C=O) groups excluding carboxylic acids is 1. The van der Waals surface area contributed by atoms with Gasteiger partial charge in [0.1, 0.15) is 0 Å². The molecule has 0 saturated carbocycles. The second kappa shape index (κ2) is 4.93. The Bertz CT molecular complexity index is 260. The van der Waals surface area contributed by atoms with Crippen LogP contribution in [-0.2, 0) is 4.79 Å². The highest BCUT2D eigenvalue weighted by Gasteiger charge is 2.37. The van der Waals surface area contributed by atoms with Gasteiger partial charge in [-0.1, -0.05) is 12.5 Å². The van der Waals surface area contributed by atoms with E-state index in [-0.39, 0.29) is 11.3 Å². The fourth-order valence-electron chi connectivity index (χ4n) is 2.18. The smallest absolute Gasteiger partial charge is 0.175 e. The zero-order valence-corrected chi connectivity index (χ0v) is 10.5. The summed E-state index contributed by atoms with van der Waals surface area (Å²) in [5, 5.41) is 0. The molecule has 0 bridgehead atoms. The fourth-order valence-corrected chi connectivity index (χ4v) is 2.18. The van der Waals surface area contributed by atoms with Gasteiger partial charge in [-0.3, -0.25) is 9.69 Å². The number of allylic oxidation sites excluding steroid dienone is 1. The molecule has 1 unspecified atom stereocenters. The van der Waals surface area contributed by atoms with E-state index in [4.69, 9.17) is 0 Å². The van der Waals surface area contributed by atoms with Crippen LogP contribution in [0.25, 0.3) is 0 Å². The molecule has 1 aliphatic rings. The van der Waals surface area contributed by atoms with Crippen molar-refractivity contribution < 1.29 is 4.79 Å². The Labute approximate surface area is 93.3 Å². The maximum absolute atomic E-state index is 12.2. The average molecular weight is 209 g/mol. The second-order valence-corrected chi connectivity index (χ2v) is 4.91. The fraction of sp³-hybridized carbons (Fsp3) is 0.769. The number of likely N-dealkylation sites (tertiary alicyclic amines) is 1. The Morgan fingerprint density at radius 2 is 1.87 bits per heavy atom. The molecule has 0 aromatic heterocycles. The van der Waals surface area contributed by atoms with E-state index in [1.807, 2.05) is 13.8 Å². The maximum Gasteiger partial charge on any atom is 0.175 e. The molecule has 0 radical (unpaired) electrons. The Hall–Kier alpha value is -0.630. The molecule has 0 spiro atoms. The molecule has 0 amide bonds. The zero-order valence-electron chi connectivity index (χ0n) is 10.5. The largest absolute Gasteiger partial charge is 0.293 e. The van der Waals surface area contributed by atoms with Crippen LogP contribution in [0.5, 0.6) is 0 Å². The van der Waals surface area contributed by atoms with Gasteiger partial charge in [-0.25, -0.2) is 0 Å². The third kappa shape index (κ3) is 2.69. The summed E-state index contributed by atoms with van der Waals surface area (Å²) in [6.07, 6.45) is 5.16. The first-order chi connectivity index (χ1) is 7.00. The SMILES string of the molecule is CCC(C)(C(=O)C=C(C)C)N1CCCC1. The van der Waals surface area contributed by atoms with E-state index in [1.165, 1.54) is 12.8 Å².